The van der Waals surface area contributed by atoms with Gasteiger partial charge in [0.2, 0.25) is 0 Å². The van der Waals surface area contributed by atoms with Crippen LogP contribution in [0.5, 0.6) is 0 Å². The summed E-state index contributed by atoms with van der Waals surface area (Å²) in [4.78, 5) is 19.8. The fourth-order valence-corrected chi connectivity index (χ4v) is 3.58. The predicted octanol–water partition coefficient (Wildman–Crippen LogP) is 2.66. The van der Waals surface area contributed by atoms with E-state index in [0.29, 0.717) is 17.2 Å². The number of fused-ring (bicyclic) bond motifs is 1. The number of carbonyl (C=O) groups excluding carboxylic acids is 1. The van der Waals surface area contributed by atoms with Crippen molar-refractivity contribution in [1.82, 2.24) is 4.98 Å². The van der Waals surface area contributed by atoms with Gasteiger partial charge in [-0.15, -0.1) is 11.3 Å². The molecule has 6 heteroatoms. The number of thiophene rings is 1. The highest BCUT2D eigenvalue weighted by Crippen LogP contribution is 2.39. The van der Waals surface area contributed by atoms with Gasteiger partial charge in [-0.2, -0.15) is 0 Å². The largest absolute Gasteiger partial charge is 0.462 e. The maximum atomic E-state index is 11.9. The smallest absolute Gasteiger partial charge is 0.350 e. The summed E-state index contributed by atoms with van der Waals surface area (Å²) in [6.45, 7) is 4.19. The zero-order chi connectivity index (χ0) is 14.1. The van der Waals surface area contributed by atoms with E-state index in [0.717, 1.165) is 29.0 Å². The number of hydrogen-bond acceptors (Lipinski definition) is 6. The average Bonchev–Trinajstić information content (AvgIpc) is 3.07. The van der Waals surface area contributed by atoms with E-state index in [1.54, 1.807) is 13.1 Å². The molecule has 20 heavy (non-hydrogen) atoms. The van der Waals surface area contributed by atoms with E-state index in [4.69, 9.17) is 10.5 Å². The number of carbonyl (C=O) groups is 1. The average molecular weight is 291 g/mol. The molecule has 0 unspecified atom stereocenters. The van der Waals surface area contributed by atoms with Gasteiger partial charge in [0.05, 0.1) is 23.4 Å². The van der Waals surface area contributed by atoms with Crippen LogP contribution in [-0.2, 0) is 4.74 Å². The minimum atomic E-state index is -0.361. The van der Waals surface area contributed by atoms with Crippen LogP contribution in [-0.4, -0.2) is 30.6 Å². The lowest BCUT2D eigenvalue weighted by molar-refractivity contribution is 0.0533. The molecule has 0 amide bonds. The Hall–Kier alpha value is -1.82. The van der Waals surface area contributed by atoms with Gasteiger partial charge in [0.15, 0.2) is 0 Å². The third-order valence-corrected chi connectivity index (χ3v) is 4.61. The zero-order valence-electron chi connectivity index (χ0n) is 11.4. The van der Waals surface area contributed by atoms with E-state index in [2.05, 4.69) is 9.88 Å². The molecule has 1 aliphatic rings. The second-order valence-electron chi connectivity index (χ2n) is 4.77. The molecule has 2 N–H and O–H groups in total. The molecule has 0 radical (unpaired) electrons. The van der Waals surface area contributed by atoms with E-state index < -0.39 is 0 Å². The summed E-state index contributed by atoms with van der Waals surface area (Å²) in [6.07, 6.45) is 4.16. The third kappa shape index (κ3) is 2.10. The van der Waals surface area contributed by atoms with Crippen molar-refractivity contribution < 1.29 is 9.53 Å². The second kappa shape index (κ2) is 5.28. The summed E-state index contributed by atoms with van der Waals surface area (Å²) < 4.78 is 5.05. The molecule has 1 saturated heterocycles. The molecular weight excluding hydrogens is 274 g/mol. The Morgan fingerprint density at radius 3 is 2.95 bits per heavy atom. The van der Waals surface area contributed by atoms with E-state index in [-0.39, 0.29) is 5.97 Å². The molecule has 0 atom stereocenters. The minimum absolute atomic E-state index is 0.346. The topological polar surface area (TPSA) is 68.5 Å². The van der Waals surface area contributed by atoms with E-state index >= 15 is 0 Å². The van der Waals surface area contributed by atoms with E-state index in [1.807, 2.05) is 6.07 Å². The molecule has 2 aromatic heterocycles. The highest BCUT2D eigenvalue weighted by molar-refractivity contribution is 7.21. The van der Waals surface area contributed by atoms with Crippen LogP contribution < -0.4 is 10.6 Å². The van der Waals surface area contributed by atoms with Gasteiger partial charge in [0.1, 0.15) is 9.71 Å². The van der Waals surface area contributed by atoms with Gasteiger partial charge in [-0.1, -0.05) is 0 Å². The number of esters is 1. The Morgan fingerprint density at radius 2 is 2.25 bits per heavy atom. The number of pyridine rings is 1. The number of hydrogen-bond donors (Lipinski definition) is 1. The highest BCUT2D eigenvalue weighted by atomic mass is 32.1. The van der Waals surface area contributed by atoms with Crippen molar-refractivity contribution in [1.29, 1.82) is 0 Å². The summed E-state index contributed by atoms with van der Waals surface area (Å²) >= 11 is 1.31. The number of nitrogens with zero attached hydrogens (tertiary/aromatic N) is 2. The first kappa shape index (κ1) is 13.2. The Bertz CT molecular complexity index is 647. The number of nitrogen functional groups attached to an aromatic ring is 1. The van der Waals surface area contributed by atoms with Crippen LogP contribution in [0.25, 0.3) is 10.2 Å². The van der Waals surface area contributed by atoms with Gasteiger partial charge in [-0.25, -0.2) is 9.78 Å². The SMILES string of the molecule is CCOC(=O)c1sc2nccc(N3CCCC3)c2c1N. The molecule has 0 aliphatic carbocycles. The standard InChI is InChI=1S/C14H17N3O2S/c1-2-19-14(18)12-11(15)10-9(17-7-3-4-8-17)5-6-16-13(10)20-12/h5-6H,2-4,7-8,15H2,1H3. The first-order valence-corrected chi connectivity index (χ1v) is 7.63. The van der Waals surface area contributed by atoms with Crippen molar-refractivity contribution in [3.63, 3.8) is 0 Å². The first-order valence-electron chi connectivity index (χ1n) is 6.81. The lowest BCUT2D eigenvalue weighted by Crippen LogP contribution is -2.18. The molecule has 1 aliphatic heterocycles. The summed E-state index contributed by atoms with van der Waals surface area (Å²) in [6, 6.07) is 1.98. The molecule has 3 rings (SSSR count). The molecule has 3 heterocycles. The van der Waals surface area contributed by atoms with Crippen LogP contribution in [0.4, 0.5) is 11.4 Å². The van der Waals surface area contributed by atoms with Crippen molar-refractivity contribution in [2.24, 2.45) is 0 Å². The highest BCUT2D eigenvalue weighted by Gasteiger charge is 2.23. The van der Waals surface area contributed by atoms with Gasteiger partial charge < -0.3 is 15.4 Å². The Morgan fingerprint density at radius 1 is 1.50 bits per heavy atom. The lowest BCUT2D eigenvalue weighted by atomic mass is 10.2. The van der Waals surface area contributed by atoms with Crippen LogP contribution in [0.1, 0.15) is 29.4 Å². The number of rotatable bonds is 3. The molecule has 2 aromatic rings. The Balaban J connectivity index is 2.11. The molecule has 106 valence electrons. The maximum Gasteiger partial charge on any atom is 0.350 e. The molecule has 5 nitrogen and oxygen atoms in total. The van der Waals surface area contributed by atoms with Crippen molar-refractivity contribution in [3.05, 3.63) is 17.1 Å². The summed E-state index contributed by atoms with van der Waals surface area (Å²) in [5, 5.41) is 0.891. The van der Waals surface area contributed by atoms with Gasteiger partial charge in [0, 0.05) is 19.3 Å². The zero-order valence-corrected chi connectivity index (χ0v) is 12.2. The van der Waals surface area contributed by atoms with E-state index in [9.17, 15) is 4.79 Å². The van der Waals surface area contributed by atoms with Crippen LogP contribution in [0.2, 0.25) is 0 Å². The summed E-state index contributed by atoms with van der Waals surface area (Å²) in [5.74, 6) is -0.361. The van der Waals surface area contributed by atoms with Crippen LogP contribution in [0, 0.1) is 0 Å². The molecule has 0 spiro atoms. The minimum Gasteiger partial charge on any atom is -0.462 e. The fraction of sp³-hybridized carbons (Fsp3) is 0.429. The quantitative estimate of drug-likeness (QED) is 0.880. The maximum absolute atomic E-state index is 11.9. The van der Waals surface area contributed by atoms with Crippen molar-refractivity contribution in [2.45, 2.75) is 19.8 Å². The van der Waals surface area contributed by atoms with E-state index in [1.165, 1.54) is 24.2 Å². The number of ether oxygens (including phenoxy) is 1. The molecule has 0 saturated carbocycles. The van der Waals surface area contributed by atoms with Crippen molar-refractivity contribution in [2.75, 3.05) is 30.3 Å². The summed E-state index contributed by atoms with van der Waals surface area (Å²) in [7, 11) is 0. The lowest BCUT2D eigenvalue weighted by Gasteiger charge is -2.18. The third-order valence-electron chi connectivity index (χ3n) is 3.51. The molecular formula is C14H17N3O2S. The summed E-state index contributed by atoms with van der Waals surface area (Å²) in [5.41, 5.74) is 7.76. The number of anilines is 2. The Kier molecular flexibility index (Phi) is 3.48. The van der Waals surface area contributed by atoms with Gasteiger partial charge >= 0.3 is 5.97 Å². The van der Waals surface area contributed by atoms with Crippen LogP contribution in [0.3, 0.4) is 0 Å². The number of aromatic nitrogens is 1. The molecule has 0 aromatic carbocycles. The van der Waals surface area contributed by atoms with Crippen molar-refractivity contribution >= 4 is 38.9 Å². The van der Waals surface area contributed by atoms with Gasteiger partial charge in [0.25, 0.3) is 0 Å². The van der Waals surface area contributed by atoms with Gasteiger partial charge in [-0.3, -0.25) is 0 Å². The predicted molar refractivity (Wildman–Crippen MR) is 81.4 cm³/mol. The van der Waals surface area contributed by atoms with Crippen LogP contribution >= 0.6 is 11.3 Å². The monoisotopic (exact) mass is 291 g/mol. The van der Waals surface area contributed by atoms with Crippen LogP contribution in [0.15, 0.2) is 12.3 Å². The normalized spacial score (nSPS) is 14.9. The first-order chi connectivity index (χ1) is 9.72. The Labute approximate surface area is 121 Å². The van der Waals surface area contributed by atoms with Gasteiger partial charge in [-0.05, 0) is 25.8 Å². The second-order valence-corrected chi connectivity index (χ2v) is 5.77. The fourth-order valence-electron chi connectivity index (χ4n) is 2.60. The number of nitrogens with two attached hydrogens (primary N) is 1. The van der Waals surface area contributed by atoms with Crippen molar-refractivity contribution in [3.8, 4) is 0 Å². The molecule has 1 fully saturated rings. The molecule has 0 bridgehead atoms.